The van der Waals surface area contributed by atoms with E-state index in [1.807, 2.05) is 6.08 Å². The predicted molar refractivity (Wildman–Crippen MR) is 156 cm³/mol. The highest BCUT2D eigenvalue weighted by atomic mass is 16.5. The van der Waals surface area contributed by atoms with Crippen molar-refractivity contribution >= 4 is 28.8 Å². The van der Waals surface area contributed by atoms with E-state index in [4.69, 9.17) is 24.7 Å². The van der Waals surface area contributed by atoms with Crippen LogP contribution in [0.2, 0.25) is 0 Å². The van der Waals surface area contributed by atoms with Gasteiger partial charge in [-0.15, -0.1) is 0 Å². The number of rotatable bonds is 5. The quantitative estimate of drug-likeness (QED) is 0.376. The number of ether oxygens (including phenoxy) is 1. The number of hydrogen-bond acceptors (Lipinski definition) is 6. The number of carbonyl (C=O) groups excluding carboxylic acids is 1. The molecule has 8 bridgehead atoms. The molecule has 0 amide bonds. The molecule has 0 fully saturated rings. The first kappa shape index (κ1) is 25.7. The summed E-state index contributed by atoms with van der Waals surface area (Å²) in [5.74, 6) is -0.231. The summed E-state index contributed by atoms with van der Waals surface area (Å²) in [6.45, 7) is 12.7. The lowest BCUT2D eigenvalue weighted by Crippen LogP contribution is -2.03. The SMILES string of the molecule is CCC1=C(C)C2=NC1=CC1=NC(=CC3=NC(=CC4=NC(=C2)C(C)=C4CC)C(CCC(=O)OC)=C3C)C=C1C. The molecule has 194 valence electrons. The Morgan fingerprint density at radius 2 is 1.24 bits per heavy atom. The van der Waals surface area contributed by atoms with Gasteiger partial charge >= 0.3 is 5.97 Å². The van der Waals surface area contributed by atoms with Crippen LogP contribution in [-0.2, 0) is 9.53 Å². The number of allylic oxidation sites excluding steroid dienone is 12. The van der Waals surface area contributed by atoms with Gasteiger partial charge in [0, 0.05) is 6.42 Å². The van der Waals surface area contributed by atoms with E-state index in [0.717, 1.165) is 80.8 Å². The van der Waals surface area contributed by atoms with Gasteiger partial charge in [0.05, 0.1) is 52.7 Å². The van der Waals surface area contributed by atoms with E-state index >= 15 is 0 Å². The summed E-state index contributed by atoms with van der Waals surface area (Å²) in [5, 5.41) is 0. The van der Waals surface area contributed by atoms with Crippen molar-refractivity contribution in [3.05, 3.63) is 92.2 Å². The van der Waals surface area contributed by atoms with Gasteiger partial charge in [0.2, 0.25) is 0 Å². The largest absolute Gasteiger partial charge is 0.469 e. The van der Waals surface area contributed by atoms with Crippen LogP contribution in [0.5, 0.6) is 0 Å². The standard InChI is InChI=1S/C32H34N4O2/c1-8-22-18(4)27-15-28-19(5)23(9-2)30(36-28)16-31-24(10-11-32(37)38-7)20(6)26(34-31)13-21-12-17(3)25(33-21)14-29(22)35-27/h12-16H,8-11H2,1-7H3. The van der Waals surface area contributed by atoms with E-state index in [-0.39, 0.29) is 5.97 Å². The van der Waals surface area contributed by atoms with Gasteiger partial charge in [0.1, 0.15) is 0 Å². The molecular formula is C32H34N4O2. The molecule has 0 atom stereocenters. The average molecular weight is 507 g/mol. The van der Waals surface area contributed by atoms with Crippen LogP contribution < -0.4 is 0 Å². The fourth-order valence-corrected chi connectivity index (χ4v) is 5.50. The molecule has 0 spiro atoms. The maximum absolute atomic E-state index is 12.0. The Hall–Kier alpha value is -3.93. The van der Waals surface area contributed by atoms with Crippen molar-refractivity contribution < 1.29 is 9.53 Å². The van der Waals surface area contributed by atoms with Gasteiger partial charge in [-0.05, 0) is 116 Å². The van der Waals surface area contributed by atoms with Crippen molar-refractivity contribution in [2.75, 3.05) is 7.11 Å². The van der Waals surface area contributed by atoms with Crippen molar-refractivity contribution in [2.24, 2.45) is 20.0 Å². The molecule has 0 N–H and O–H groups in total. The first-order valence-corrected chi connectivity index (χ1v) is 13.3. The zero-order valence-electron chi connectivity index (χ0n) is 23.3. The maximum atomic E-state index is 12.0. The van der Waals surface area contributed by atoms with E-state index in [9.17, 15) is 4.79 Å². The van der Waals surface area contributed by atoms with Gasteiger partial charge in [-0.1, -0.05) is 13.8 Å². The number of nitrogens with zero attached hydrogens (tertiary/aromatic N) is 4. The summed E-state index contributed by atoms with van der Waals surface area (Å²) in [7, 11) is 1.42. The molecule has 0 radical (unpaired) electrons. The maximum Gasteiger partial charge on any atom is 0.305 e. The Morgan fingerprint density at radius 1 is 0.658 bits per heavy atom. The minimum absolute atomic E-state index is 0.231. The third-order valence-electron chi connectivity index (χ3n) is 7.80. The summed E-state index contributed by atoms with van der Waals surface area (Å²) in [6, 6.07) is 0. The zero-order chi connectivity index (χ0) is 27.1. The second-order valence-corrected chi connectivity index (χ2v) is 10.1. The van der Waals surface area contributed by atoms with Gasteiger partial charge < -0.3 is 4.74 Å². The summed E-state index contributed by atoms with van der Waals surface area (Å²) >= 11 is 0. The Kier molecular flexibility index (Phi) is 6.82. The second-order valence-electron chi connectivity index (χ2n) is 10.1. The molecular weight excluding hydrogens is 472 g/mol. The van der Waals surface area contributed by atoms with Crippen LogP contribution >= 0.6 is 0 Å². The molecule has 5 heterocycles. The van der Waals surface area contributed by atoms with Crippen molar-refractivity contribution in [3.8, 4) is 0 Å². The highest BCUT2D eigenvalue weighted by molar-refractivity contribution is 6.19. The molecule has 0 aromatic rings. The summed E-state index contributed by atoms with van der Waals surface area (Å²) in [5.41, 5.74) is 15.3. The van der Waals surface area contributed by atoms with Gasteiger partial charge in [0.25, 0.3) is 0 Å². The molecule has 0 aromatic heterocycles. The molecule has 0 unspecified atom stereocenters. The third-order valence-corrected chi connectivity index (χ3v) is 7.80. The van der Waals surface area contributed by atoms with Crippen LogP contribution in [0.1, 0.15) is 67.2 Å². The first-order valence-electron chi connectivity index (χ1n) is 13.3. The van der Waals surface area contributed by atoms with Crippen LogP contribution in [0, 0.1) is 0 Å². The van der Waals surface area contributed by atoms with Crippen molar-refractivity contribution in [3.63, 3.8) is 0 Å². The highest BCUT2D eigenvalue weighted by Crippen LogP contribution is 2.36. The number of hydrogen-bond donors (Lipinski definition) is 0. The lowest BCUT2D eigenvalue weighted by Gasteiger charge is -2.07. The van der Waals surface area contributed by atoms with E-state index in [0.29, 0.717) is 12.8 Å². The molecule has 38 heavy (non-hydrogen) atoms. The molecule has 0 aliphatic carbocycles. The van der Waals surface area contributed by atoms with Crippen LogP contribution in [0.4, 0.5) is 0 Å². The van der Waals surface area contributed by atoms with E-state index in [1.165, 1.54) is 23.8 Å². The first-order chi connectivity index (χ1) is 18.2. The van der Waals surface area contributed by atoms with Crippen molar-refractivity contribution in [1.29, 1.82) is 0 Å². The molecule has 0 saturated carbocycles. The van der Waals surface area contributed by atoms with Crippen LogP contribution in [0.15, 0.2) is 112 Å². The second kappa shape index (κ2) is 10.1. The van der Waals surface area contributed by atoms with E-state index in [2.05, 4.69) is 65.8 Å². The number of carbonyl (C=O) groups is 1. The predicted octanol–water partition coefficient (Wildman–Crippen LogP) is 7.02. The van der Waals surface area contributed by atoms with Crippen LogP contribution in [-0.4, -0.2) is 35.9 Å². The van der Waals surface area contributed by atoms with Gasteiger partial charge in [-0.2, -0.15) is 0 Å². The van der Waals surface area contributed by atoms with Crippen molar-refractivity contribution in [2.45, 2.75) is 67.2 Å². The Labute approximate surface area is 224 Å². The number of methoxy groups -OCH3 is 1. The molecule has 6 nitrogen and oxygen atoms in total. The van der Waals surface area contributed by atoms with Crippen LogP contribution in [0.3, 0.4) is 0 Å². The summed E-state index contributed by atoms with van der Waals surface area (Å²) in [6.07, 6.45) is 13.0. The molecule has 5 aliphatic heterocycles. The highest BCUT2D eigenvalue weighted by Gasteiger charge is 2.27. The fraction of sp³-hybridized carbons (Fsp3) is 0.344. The van der Waals surface area contributed by atoms with Crippen molar-refractivity contribution in [1.82, 2.24) is 0 Å². The topological polar surface area (TPSA) is 75.7 Å². The average Bonchev–Trinajstić information content (AvgIpc) is 3.57. The Balaban J connectivity index is 1.72. The molecule has 5 aliphatic rings. The lowest BCUT2D eigenvalue weighted by atomic mass is 9.97. The lowest BCUT2D eigenvalue weighted by molar-refractivity contribution is -0.140. The summed E-state index contributed by atoms with van der Waals surface area (Å²) < 4.78 is 4.91. The monoisotopic (exact) mass is 506 g/mol. The van der Waals surface area contributed by atoms with Gasteiger partial charge in [0.15, 0.2) is 0 Å². The normalized spacial score (nSPS) is 20.6. The number of fused-ring (bicyclic) bond motifs is 4. The van der Waals surface area contributed by atoms with E-state index in [1.54, 1.807) is 0 Å². The smallest absolute Gasteiger partial charge is 0.305 e. The summed E-state index contributed by atoms with van der Waals surface area (Å²) in [4.78, 5) is 32.0. The third kappa shape index (κ3) is 4.49. The Bertz CT molecular complexity index is 1540. The Morgan fingerprint density at radius 3 is 1.92 bits per heavy atom. The molecule has 0 aromatic carbocycles. The van der Waals surface area contributed by atoms with Gasteiger partial charge in [-0.3, -0.25) is 4.79 Å². The number of esters is 1. The van der Waals surface area contributed by atoms with E-state index < -0.39 is 0 Å². The minimum Gasteiger partial charge on any atom is -0.469 e. The fourth-order valence-electron chi connectivity index (χ4n) is 5.50. The molecule has 5 rings (SSSR count). The molecule has 6 heteroatoms. The van der Waals surface area contributed by atoms with Gasteiger partial charge in [-0.25, -0.2) is 20.0 Å². The zero-order valence-corrected chi connectivity index (χ0v) is 23.3. The van der Waals surface area contributed by atoms with Crippen LogP contribution in [0.25, 0.3) is 0 Å². The minimum atomic E-state index is -0.231. The molecule has 0 saturated heterocycles. The number of aliphatic imine (C=N–C) groups is 4.